The lowest BCUT2D eigenvalue weighted by Gasteiger charge is -2.04. The predicted molar refractivity (Wildman–Crippen MR) is 39.6 cm³/mol. The third-order valence-electron chi connectivity index (χ3n) is 1.37. The normalized spacial score (nSPS) is 10.7. The zero-order chi connectivity index (χ0) is 7.11. The monoisotopic (exact) mass is 132 g/mol. The molecule has 0 amide bonds. The van der Waals surface area contributed by atoms with Gasteiger partial charge < -0.3 is 10.2 Å². The van der Waals surface area contributed by atoms with Gasteiger partial charge in [0.05, 0.1) is 33.7 Å². The minimum Gasteiger partial charge on any atom is -0.346 e. The van der Waals surface area contributed by atoms with Crippen LogP contribution in [0.25, 0.3) is 0 Å². The Morgan fingerprint density at radius 2 is 2.00 bits per heavy atom. The molecule has 0 aromatic rings. The first-order chi connectivity index (χ1) is 4.27. The molecule has 0 aliphatic heterocycles. The minimum atomic E-state index is 1.22. The van der Waals surface area contributed by atoms with Crippen molar-refractivity contribution in [2.45, 2.75) is 13.3 Å². The Labute approximate surface area is 58.2 Å². The van der Waals surface area contributed by atoms with Gasteiger partial charge in [0.25, 0.3) is 0 Å². The quantitative estimate of drug-likeness (QED) is 0.408. The molecule has 0 aromatic heterocycles. The van der Waals surface area contributed by atoms with Crippen molar-refractivity contribution in [2.24, 2.45) is 0 Å². The third kappa shape index (κ3) is 7.92. The highest BCUT2D eigenvalue weighted by Gasteiger charge is 1.92. The molecular formula is C7H20N2+2. The summed E-state index contributed by atoms with van der Waals surface area (Å²) in [4.78, 5) is 1.56. The van der Waals surface area contributed by atoms with Crippen molar-refractivity contribution < 1.29 is 10.2 Å². The number of quaternary nitrogens is 2. The molecular weight excluding hydrogens is 112 g/mol. The molecule has 3 N–H and O–H groups in total. The molecule has 0 radical (unpaired) electrons. The second kappa shape index (κ2) is 6.05. The molecule has 56 valence electrons. The molecule has 0 saturated carbocycles. The Morgan fingerprint density at radius 1 is 1.33 bits per heavy atom. The zero-order valence-electron chi connectivity index (χ0n) is 6.91. The van der Waals surface area contributed by atoms with E-state index in [4.69, 9.17) is 0 Å². The number of rotatable bonds is 5. The van der Waals surface area contributed by atoms with Gasteiger partial charge in [-0.2, -0.15) is 0 Å². The lowest BCUT2D eigenvalue weighted by Crippen LogP contribution is -3.06. The van der Waals surface area contributed by atoms with E-state index in [2.05, 4.69) is 26.3 Å². The van der Waals surface area contributed by atoms with Gasteiger partial charge in [-0.25, -0.2) is 0 Å². The predicted octanol–water partition coefficient (Wildman–Crippen LogP) is -1.90. The maximum Gasteiger partial charge on any atom is 0.0821 e. The van der Waals surface area contributed by atoms with E-state index in [-0.39, 0.29) is 0 Å². The molecule has 0 rings (SSSR count). The Hall–Kier alpha value is -0.0800. The fourth-order valence-electron chi connectivity index (χ4n) is 0.804. The van der Waals surface area contributed by atoms with Gasteiger partial charge in [-0.1, -0.05) is 0 Å². The van der Waals surface area contributed by atoms with E-state index >= 15 is 0 Å². The topological polar surface area (TPSA) is 21.1 Å². The largest absolute Gasteiger partial charge is 0.346 e. The highest BCUT2D eigenvalue weighted by molar-refractivity contribution is 4.24. The van der Waals surface area contributed by atoms with Crippen LogP contribution in [0.5, 0.6) is 0 Å². The number of nitrogens with one attached hydrogen (secondary N) is 1. The molecule has 0 aliphatic rings. The van der Waals surface area contributed by atoms with Gasteiger partial charge in [0.2, 0.25) is 0 Å². The number of hydrogen-bond acceptors (Lipinski definition) is 0. The van der Waals surface area contributed by atoms with Gasteiger partial charge in [-0.3, -0.25) is 0 Å². The lowest BCUT2D eigenvalue weighted by atomic mass is 10.4. The first-order valence-electron chi connectivity index (χ1n) is 3.88. The van der Waals surface area contributed by atoms with Crippen molar-refractivity contribution >= 4 is 0 Å². The Kier molecular flexibility index (Phi) is 5.99. The molecule has 0 heterocycles. The average molecular weight is 132 g/mol. The van der Waals surface area contributed by atoms with Gasteiger partial charge in [-0.05, 0) is 6.92 Å². The fraction of sp³-hybridized carbons (Fsp3) is 1.00. The van der Waals surface area contributed by atoms with Gasteiger partial charge >= 0.3 is 0 Å². The lowest BCUT2D eigenvalue weighted by molar-refractivity contribution is -0.860. The maximum absolute atomic E-state index is 2.35. The SMILES string of the molecule is CC[NH2+]CCC[NH+](C)C. The minimum absolute atomic E-state index is 1.22. The second-order valence-electron chi connectivity index (χ2n) is 2.80. The van der Waals surface area contributed by atoms with Crippen molar-refractivity contribution in [1.29, 1.82) is 0 Å². The maximum atomic E-state index is 2.35. The van der Waals surface area contributed by atoms with Gasteiger partial charge in [0.1, 0.15) is 0 Å². The van der Waals surface area contributed by atoms with Crippen LogP contribution in [-0.4, -0.2) is 33.7 Å². The molecule has 0 unspecified atom stereocenters. The summed E-state index contributed by atoms with van der Waals surface area (Å²) in [5.74, 6) is 0. The molecule has 9 heavy (non-hydrogen) atoms. The average Bonchev–Trinajstić information content (AvgIpc) is 1.80. The fourth-order valence-corrected chi connectivity index (χ4v) is 0.804. The van der Waals surface area contributed by atoms with Crippen LogP contribution in [0, 0.1) is 0 Å². The first-order valence-corrected chi connectivity index (χ1v) is 3.88. The van der Waals surface area contributed by atoms with E-state index in [1.165, 1.54) is 26.1 Å². The van der Waals surface area contributed by atoms with Crippen LogP contribution in [0.15, 0.2) is 0 Å². The summed E-state index contributed by atoms with van der Waals surface area (Å²) < 4.78 is 0. The van der Waals surface area contributed by atoms with E-state index in [1.807, 2.05) is 0 Å². The molecule has 0 atom stereocenters. The van der Waals surface area contributed by atoms with Crippen molar-refractivity contribution in [3.05, 3.63) is 0 Å². The van der Waals surface area contributed by atoms with Crippen molar-refractivity contribution in [2.75, 3.05) is 33.7 Å². The zero-order valence-corrected chi connectivity index (χ0v) is 6.91. The molecule has 2 nitrogen and oxygen atoms in total. The molecule has 0 aromatic carbocycles. The van der Waals surface area contributed by atoms with Crippen LogP contribution in [0.2, 0.25) is 0 Å². The van der Waals surface area contributed by atoms with E-state index in [0.717, 1.165) is 0 Å². The number of nitrogens with two attached hydrogens (primary N) is 1. The summed E-state index contributed by atoms with van der Waals surface area (Å²) in [5, 5.41) is 2.35. The van der Waals surface area contributed by atoms with Crippen molar-refractivity contribution in [3.8, 4) is 0 Å². The summed E-state index contributed by atoms with van der Waals surface area (Å²) in [7, 11) is 4.40. The van der Waals surface area contributed by atoms with Crippen molar-refractivity contribution in [1.82, 2.24) is 0 Å². The summed E-state index contributed by atoms with van der Waals surface area (Å²) >= 11 is 0. The van der Waals surface area contributed by atoms with Crippen molar-refractivity contribution in [3.63, 3.8) is 0 Å². The van der Waals surface area contributed by atoms with Crippen LogP contribution < -0.4 is 10.2 Å². The second-order valence-corrected chi connectivity index (χ2v) is 2.80. The molecule has 0 saturated heterocycles. The van der Waals surface area contributed by atoms with Gasteiger partial charge in [0, 0.05) is 6.42 Å². The standard InChI is InChI=1S/C7H18N2/c1-4-8-6-5-7-9(2)3/h8H,4-7H2,1-3H3/p+2. The summed E-state index contributed by atoms with van der Waals surface area (Å²) in [6.45, 7) is 6.02. The molecule has 0 bridgehead atoms. The van der Waals surface area contributed by atoms with Crippen LogP contribution in [0.3, 0.4) is 0 Å². The van der Waals surface area contributed by atoms with E-state index in [9.17, 15) is 0 Å². The van der Waals surface area contributed by atoms with Crippen LogP contribution in [0.4, 0.5) is 0 Å². The van der Waals surface area contributed by atoms with E-state index in [0.29, 0.717) is 0 Å². The number of hydrogen-bond donors (Lipinski definition) is 2. The Balaban J connectivity index is 2.75. The highest BCUT2D eigenvalue weighted by Crippen LogP contribution is 1.59. The summed E-state index contributed by atoms with van der Waals surface area (Å²) in [5.41, 5.74) is 0. The van der Waals surface area contributed by atoms with E-state index in [1.54, 1.807) is 4.90 Å². The molecule has 2 heteroatoms. The highest BCUT2D eigenvalue weighted by atomic mass is 15.0. The summed E-state index contributed by atoms with van der Waals surface area (Å²) in [6, 6.07) is 0. The van der Waals surface area contributed by atoms with Crippen LogP contribution >= 0.6 is 0 Å². The summed E-state index contributed by atoms with van der Waals surface area (Å²) in [6.07, 6.45) is 1.34. The molecule has 0 fully saturated rings. The molecule has 0 spiro atoms. The van der Waals surface area contributed by atoms with Gasteiger partial charge in [-0.15, -0.1) is 0 Å². The smallest absolute Gasteiger partial charge is 0.0821 e. The third-order valence-corrected chi connectivity index (χ3v) is 1.37. The Morgan fingerprint density at radius 3 is 2.44 bits per heavy atom. The van der Waals surface area contributed by atoms with E-state index < -0.39 is 0 Å². The van der Waals surface area contributed by atoms with Gasteiger partial charge in [0.15, 0.2) is 0 Å². The Bertz CT molecular complexity index is 52.9. The first kappa shape index (κ1) is 8.92. The van der Waals surface area contributed by atoms with Crippen LogP contribution in [0.1, 0.15) is 13.3 Å². The molecule has 0 aliphatic carbocycles. The van der Waals surface area contributed by atoms with Crippen LogP contribution in [-0.2, 0) is 0 Å².